The number of nitrogens with two attached hydrogens (primary N) is 1. The van der Waals surface area contributed by atoms with Gasteiger partial charge >= 0.3 is 0 Å². The fourth-order valence-electron chi connectivity index (χ4n) is 4.00. The molecule has 0 fully saturated rings. The van der Waals surface area contributed by atoms with Crippen LogP contribution in [0.2, 0.25) is 0 Å². The SMILES string of the molecule is Cc1nn(-c2ccccc2)cc1CN1CCc2nc(-c3ccc(N)cc3)[nH]c(=O)c2C1. The van der Waals surface area contributed by atoms with Gasteiger partial charge in [-0.2, -0.15) is 5.10 Å². The van der Waals surface area contributed by atoms with Crippen molar-refractivity contribution in [3.63, 3.8) is 0 Å². The molecular weight excluding hydrogens is 388 g/mol. The summed E-state index contributed by atoms with van der Waals surface area (Å²) in [5.41, 5.74) is 12.1. The molecule has 156 valence electrons. The Bertz CT molecular complexity index is 1270. The number of nitrogens with zero attached hydrogens (tertiary/aromatic N) is 4. The third kappa shape index (κ3) is 3.87. The highest BCUT2D eigenvalue weighted by Gasteiger charge is 2.22. The Morgan fingerprint density at radius 2 is 1.87 bits per heavy atom. The van der Waals surface area contributed by atoms with Crippen molar-refractivity contribution in [3.8, 4) is 17.1 Å². The minimum absolute atomic E-state index is 0.0711. The Balaban J connectivity index is 1.36. The number of aryl methyl sites for hydroxylation is 1. The number of hydrogen-bond acceptors (Lipinski definition) is 5. The molecule has 7 heteroatoms. The van der Waals surface area contributed by atoms with Crippen molar-refractivity contribution < 1.29 is 0 Å². The van der Waals surface area contributed by atoms with Crippen molar-refractivity contribution in [2.24, 2.45) is 0 Å². The summed E-state index contributed by atoms with van der Waals surface area (Å²) in [6.07, 6.45) is 2.82. The molecule has 0 unspecified atom stereocenters. The quantitative estimate of drug-likeness (QED) is 0.503. The van der Waals surface area contributed by atoms with Gasteiger partial charge < -0.3 is 10.7 Å². The number of nitrogen functional groups attached to an aromatic ring is 1. The van der Waals surface area contributed by atoms with Gasteiger partial charge in [-0.05, 0) is 43.3 Å². The predicted molar refractivity (Wildman–Crippen MR) is 121 cm³/mol. The van der Waals surface area contributed by atoms with Crippen LogP contribution in [-0.4, -0.2) is 31.2 Å². The van der Waals surface area contributed by atoms with Crippen LogP contribution in [0.15, 0.2) is 65.6 Å². The summed E-state index contributed by atoms with van der Waals surface area (Å²) in [5, 5.41) is 4.66. The van der Waals surface area contributed by atoms with Crippen molar-refractivity contribution in [1.82, 2.24) is 24.6 Å². The van der Waals surface area contributed by atoms with E-state index in [0.717, 1.165) is 53.3 Å². The lowest BCUT2D eigenvalue weighted by atomic mass is 10.1. The summed E-state index contributed by atoms with van der Waals surface area (Å²) in [4.78, 5) is 22.8. The number of benzene rings is 2. The van der Waals surface area contributed by atoms with Crippen molar-refractivity contribution in [3.05, 3.63) is 93.7 Å². The van der Waals surface area contributed by atoms with Crippen LogP contribution in [0.1, 0.15) is 22.5 Å². The molecule has 2 aromatic heterocycles. The zero-order chi connectivity index (χ0) is 21.4. The number of para-hydroxylation sites is 1. The van der Waals surface area contributed by atoms with E-state index < -0.39 is 0 Å². The largest absolute Gasteiger partial charge is 0.399 e. The molecular formula is C24H24N6O. The van der Waals surface area contributed by atoms with E-state index in [-0.39, 0.29) is 5.56 Å². The van der Waals surface area contributed by atoms with E-state index in [0.29, 0.717) is 18.1 Å². The first-order chi connectivity index (χ1) is 15.1. The highest BCUT2D eigenvalue weighted by Crippen LogP contribution is 2.22. The van der Waals surface area contributed by atoms with E-state index in [2.05, 4.69) is 21.2 Å². The van der Waals surface area contributed by atoms with Gasteiger partial charge in [-0.1, -0.05) is 18.2 Å². The smallest absolute Gasteiger partial charge is 0.255 e. The van der Waals surface area contributed by atoms with E-state index >= 15 is 0 Å². The number of fused-ring (bicyclic) bond motifs is 1. The fraction of sp³-hybridized carbons (Fsp3) is 0.208. The summed E-state index contributed by atoms with van der Waals surface area (Å²) >= 11 is 0. The highest BCUT2D eigenvalue weighted by atomic mass is 16.1. The standard InChI is InChI=1S/C24H24N6O/c1-16-18(14-30(28-16)20-5-3-2-4-6-20)13-29-12-11-22-21(15-29)24(31)27-23(26-22)17-7-9-19(25)10-8-17/h2-10,14H,11-13,15,25H2,1H3,(H,26,27,31). The number of nitrogens with one attached hydrogen (secondary N) is 1. The van der Waals surface area contributed by atoms with E-state index in [9.17, 15) is 4.79 Å². The van der Waals surface area contributed by atoms with Crippen molar-refractivity contribution in [2.45, 2.75) is 26.4 Å². The third-order valence-corrected chi connectivity index (χ3v) is 5.75. The Hall–Kier alpha value is -3.71. The van der Waals surface area contributed by atoms with Gasteiger partial charge in [-0.25, -0.2) is 9.67 Å². The van der Waals surface area contributed by atoms with E-state index in [1.54, 1.807) is 0 Å². The molecule has 31 heavy (non-hydrogen) atoms. The molecule has 0 aliphatic carbocycles. The lowest BCUT2D eigenvalue weighted by molar-refractivity contribution is 0.241. The summed E-state index contributed by atoms with van der Waals surface area (Å²) in [5.74, 6) is 0.595. The van der Waals surface area contributed by atoms with Gasteiger partial charge in [0.25, 0.3) is 5.56 Å². The Morgan fingerprint density at radius 3 is 2.65 bits per heavy atom. The number of aromatic nitrogens is 4. The number of hydrogen-bond donors (Lipinski definition) is 2. The Labute approximate surface area is 180 Å². The number of rotatable bonds is 4. The van der Waals surface area contributed by atoms with E-state index in [1.807, 2.05) is 66.2 Å². The first kappa shape index (κ1) is 19.3. The lowest BCUT2D eigenvalue weighted by Gasteiger charge is -2.27. The number of aromatic amines is 1. The molecule has 0 atom stereocenters. The zero-order valence-electron chi connectivity index (χ0n) is 17.4. The molecule has 7 nitrogen and oxygen atoms in total. The van der Waals surface area contributed by atoms with Crippen molar-refractivity contribution in [1.29, 1.82) is 0 Å². The van der Waals surface area contributed by atoms with Gasteiger partial charge in [-0.3, -0.25) is 9.69 Å². The molecule has 4 aromatic rings. The number of anilines is 1. The summed E-state index contributed by atoms with van der Waals surface area (Å²) in [6.45, 7) is 4.20. The van der Waals surface area contributed by atoms with Gasteiger partial charge in [0.15, 0.2) is 0 Å². The molecule has 3 N–H and O–H groups in total. The summed E-state index contributed by atoms with van der Waals surface area (Å²) in [7, 11) is 0. The molecule has 0 amide bonds. The van der Waals surface area contributed by atoms with Gasteiger partial charge in [0, 0.05) is 49.1 Å². The average molecular weight is 412 g/mol. The van der Waals surface area contributed by atoms with Crippen LogP contribution in [-0.2, 0) is 19.5 Å². The first-order valence-corrected chi connectivity index (χ1v) is 10.4. The first-order valence-electron chi connectivity index (χ1n) is 10.4. The average Bonchev–Trinajstić information content (AvgIpc) is 3.15. The highest BCUT2D eigenvalue weighted by molar-refractivity contribution is 5.58. The van der Waals surface area contributed by atoms with Gasteiger partial charge in [0.2, 0.25) is 0 Å². The topological polar surface area (TPSA) is 92.8 Å². The van der Waals surface area contributed by atoms with Crippen molar-refractivity contribution in [2.75, 3.05) is 12.3 Å². The predicted octanol–water partition coefficient (Wildman–Crippen LogP) is 3.07. The molecule has 0 saturated heterocycles. The van der Waals surface area contributed by atoms with Crippen LogP contribution in [0.5, 0.6) is 0 Å². The molecule has 0 radical (unpaired) electrons. The minimum Gasteiger partial charge on any atom is -0.399 e. The second-order valence-electron chi connectivity index (χ2n) is 7.94. The maximum absolute atomic E-state index is 12.8. The van der Waals surface area contributed by atoms with Crippen LogP contribution >= 0.6 is 0 Å². The molecule has 3 heterocycles. The Morgan fingerprint density at radius 1 is 1.10 bits per heavy atom. The summed E-state index contributed by atoms with van der Waals surface area (Å²) < 4.78 is 1.91. The molecule has 1 aliphatic heterocycles. The lowest BCUT2D eigenvalue weighted by Crippen LogP contribution is -2.35. The number of H-pyrrole nitrogens is 1. The van der Waals surface area contributed by atoms with Crippen LogP contribution < -0.4 is 11.3 Å². The molecule has 0 bridgehead atoms. The van der Waals surface area contributed by atoms with Gasteiger partial charge in [0.05, 0.1) is 22.6 Å². The third-order valence-electron chi connectivity index (χ3n) is 5.75. The van der Waals surface area contributed by atoms with Crippen molar-refractivity contribution >= 4 is 5.69 Å². The Kier molecular flexibility index (Phi) is 4.88. The maximum atomic E-state index is 12.8. The fourth-order valence-corrected chi connectivity index (χ4v) is 4.00. The van der Waals surface area contributed by atoms with E-state index in [1.165, 1.54) is 0 Å². The second-order valence-corrected chi connectivity index (χ2v) is 7.94. The molecule has 1 aliphatic rings. The van der Waals surface area contributed by atoms with Gasteiger partial charge in [-0.15, -0.1) is 0 Å². The zero-order valence-corrected chi connectivity index (χ0v) is 17.4. The van der Waals surface area contributed by atoms with Gasteiger partial charge in [0.1, 0.15) is 5.82 Å². The summed E-state index contributed by atoms with van der Waals surface area (Å²) in [6, 6.07) is 17.5. The molecule has 2 aromatic carbocycles. The maximum Gasteiger partial charge on any atom is 0.255 e. The molecule has 5 rings (SSSR count). The molecule has 0 spiro atoms. The van der Waals surface area contributed by atoms with Crippen LogP contribution in [0.4, 0.5) is 5.69 Å². The second kappa shape index (κ2) is 7.85. The van der Waals surface area contributed by atoms with Crippen LogP contribution in [0.3, 0.4) is 0 Å². The monoisotopic (exact) mass is 412 g/mol. The molecule has 0 saturated carbocycles. The minimum atomic E-state index is -0.0711. The van der Waals surface area contributed by atoms with Crippen LogP contribution in [0, 0.1) is 6.92 Å². The normalized spacial score (nSPS) is 13.8. The van der Waals surface area contributed by atoms with Crippen LogP contribution in [0.25, 0.3) is 17.1 Å². The van der Waals surface area contributed by atoms with E-state index in [4.69, 9.17) is 10.7 Å².